The van der Waals surface area contributed by atoms with Crippen LogP contribution in [0.5, 0.6) is 0 Å². The van der Waals surface area contributed by atoms with Gasteiger partial charge in [0.05, 0.1) is 12.6 Å². The van der Waals surface area contributed by atoms with E-state index in [1.807, 2.05) is 24.3 Å². The molecule has 0 heterocycles. The first-order chi connectivity index (χ1) is 8.84. The van der Waals surface area contributed by atoms with Crippen molar-refractivity contribution < 1.29 is 9.90 Å². The maximum Gasteiger partial charge on any atom is 0.234 e. The van der Waals surface area contributed by atoms with Crippen LogP contribution in [0.2, 0.25) is 0 Å². The Bertz CT molecular complexity index is 407. The molecule has 0 spiro atoms. The number of amides is 1. The number of hydrogen-bond acceptors (Lipinski definition) is 3. The van der Waals surface area contributed by atoms with Crippen molar-refractivity contribution in [3.8, 4) is 0 Å². The molecule has 0 bridgehead atoms. The minimum absolute atomic E-state index is 0.102. The Kier molecular flexibility index (Phi) is 5.51. The summed E-state index contributed by atoms with van der Waals surface area (Å²) in [5.41, 5.74) is 2.14. The van der Waals surface area contributed by atoms with Gasteiger partial charge in [-0.05, 0) is 23.6 Å². The quantitative estimate of drug-likeness (QED) is 0.752. The Hall–Kier alpha value is -1.39. The molecular weight excluding hydrogens is 240 g/mol. The lowest BCUT2D eigenvalue weighted by Crippen LogP contribution is -2.34. The molecule has 0 fully saturated rings. The predicted molar refractivity (Wildman–Crippen MR) is 77.0 cm³/mol. The van der Waals surface area contributed by atoms with Crippen LogP contribution >= 0.6 is 0 Å². The molecule has 106 valence electrons. The number of aliphatic hydroxyl groups excluding tert-OH is 1. The molecule has 19 heavy (non-hydrogen) atoms. The van der Waals surface area contributed by atoms with Crippen molar-refractivity contribution in [2.24, 2.45) is 0 Å². The van der Waals surface area contributed by atoms with Crippen molar-refractivity contribution >= 4 is 5.91 Å². The fourth-order valence-electron chi connectivity index (χ4n) is 1.76. The summed E-state index contributed by atoms with van der Waals surface area (Å²) >= 11 is 0. The summed E-state index contributed by atoms with van der Waals surface area (Å²) in [6, 6.07) is 7.87. The Morgan fingerprint density at radius 1 is 1.26 bits per heavy atom. The summed E-state index contributed by atoms with van der Waals surface area (Å²) in [7, 11) is 1.71. The van der Waals surface area contributed by atoms with Crippen LogP contribution in [0, 0.1) is 0 Å². The number of rotatable bonds is 5. The number of carbonyl (C=O) groups excluding carboxylic acids is 1. The molecule has 0 aliphatic heterocycles. The highest BCUT2D eigenvalue weighted by atomic mass is 16.3. The van der Waals surface area contributed by atoms with E-state index in [1.54, 1.807) is 7.05 Å². The van der Waals surface area contributed by atoms with Crippen molar-refractivity contribution in [1.82, 2.24) is 10.6 Å². The third-order valence-corrected chi connectivity index (χ3v) is 2.99. The van der Waals surface area contributed by atoms with Gasteiger partial charge in [-0.1, -0.05) is 45.0 Å². The van der Waals surface area contributed by atoms with Crippen LogP contribution in [0.25, 0.3) is 0 Å². The van der Waals surface area contributed by atoms with Crippen molar-refractivity contribution in [3.05, 3.63) is 35.4 Å². The van der Waals surface area contributed by atoms with E-state index < -0.39 is 6.10 Å². The normalized spacial score (nSPS) is 13.1. The van der Waals surface area contributed by atoms with Crippen molar-refractivity contribution in [3.63, 3.8) is 0 Å². The van der Waals surface area contributed by atoms with Gasteiger partial charge in [-0.2, -0.15) is 0 Å². The van der Waals surface area contributed by atoms with Crippen LogP contribution in [0.15, 0.2) is 24.3 Å². The van der Waals surface area contributed by atoms with E-state index in [0.29, 0.717) is 0 Å². The highest BCUT2D eigenvalue weighted by Gasteiger charge is 2.14. The minimum atomic E-state index is -0.671. The molecule has 0 saturated carbocycles. The fraction of sp³-hybridized carbons (Fsp3) is 0.533. The van der Waals surface area contributed by atoms with Gasteiger partial charge in [0, 0.05) is 6.54 Å². The smallest absolute Gasteiger partial charge is 0.234 e. The zero-order valence-electron chi connectivity index (χ0n) is 12.2. The first-order valence-electron chi connectivity index (χ1n) is 6.54. The third-order valence-electron chi connectivity index (χ3n) is 2.99. The fourth-order valence-corrected chi connectivity index (χ4v) is 1.76. The second kappa shape index (κ2) is 6.68. The van der Waals surface area contributed by atoms with E-state index in [1.165, 1.54) is 5.56 Å². The Morgan fingerprint density at radius 3 is 2.32 bits per heavy atom. The van der Waals surface area contributed by atoms with Gasteiger partial charge in [0.1, 0.15) is 0 Å². The number of carbonyl (C=O) groups is 1. The first-order valence-corrected chi connectivity index (χ1v) is 6.54. The molecule has 4 nitrogen and oxygen atoms in total. The number of nitrogens with one attached hydrogen (secondary N) is 2. The van der Waals surface area contributed by atoms with E-state index in [2.05, 4.69) is 31.4 Å². The topological polar surface area (TPSA) is 61.4 Å². The van der Waals surface area contributed by atoms with Gasteiger partial charge in [0.15, 0.2) is 0 Å². The van der Waals surface area contributed by atoms with Crippen molar-refractivity contribution in [2.45, 2.75) is 32.3 Å². The van der Waals surface area contributed by atoms with Gasteiger partial charge in [-0.3, -0.25) is 4.79 Å². The monoisotopic (exact) mass is 264 g/mol. The van der Waals surface area contributed by atoms with Crippen LogP contribution in [0.4, 0.5) is 0 Å². The van der Waals surface area contributed by atoms with Crippen LogP contribution in [-0.2, 0) is 10.2 Å². The maximum absolute atomic E-state index is 11.3. The first kappa shape index (κ1) is 15.7. The molecular formula is C15H24N2O2. The SMILES string of the molecule is CNCC(=O)NCC(O)c1ccc(C(C)(C)C)cc1. The van der Waals surface area contributed by atoms with E-state index in [-0.39, 0.29) is 24.4 Å². The van der Waals surface area contributed by atoms with Crippen LogP contribution in [-0.4, -0.2) is 31.2 Å². The van der Waals surface area contributed by atoms with Crippen molar-refractivity contribution in [2.75, 3.05) is 20.1 Å². The summed E-state index contributed by atoms with van der Waals surface area (Å²) in [4.78, 5) is 11.3. The molecule has 0 aliphatic rings. The molecule has 1 aromatic rings. The molecule has 1 rings (SSSR count). The Labute approximate surface area is 115 Å². The minimum Gasteiger partial charge on any atom is -0.387 e. The van der Waals surface area contributed by atoms with Crippen LogP contribution in [0.3, 0.4) is 0 Å². The molecule has 1 atom stereocenters. The predicted octanol–water partition coefficient (Wildman–Crippen LogP) is 1.35. The van der Waals surface area contributed by atoms with E-state index >= 15 is 0 Å². The Morgan fingerprint density at radius 2 is 1.84 bits per heavy atom. The standard InChI is InChI=1S/C15H24N2O2/c1-15(2,3)12-7-5-11(6-8-12)13(18)9-17-14(19)10-16-4/h5-8,13,16,18H,9-10H2,1-4H3,(H,17,19). The summed E-state index contributed by atoms with van der Waals surface area (Å²) in [5.74, 6) is -0.118. The molecule has 4 heteroatoms. The van der Waals surface area contributed by atoms with Gasteiger partial charge < -0.3 is 15.7 Å². The summed E-state index contributed by atoms with van der Waals surface area (Å²) < 4.78 is 0. The molecule has 0 aromatic heterocycles. The lowest BCUT2D eigenvalue weighted by atomic mass is 9.86. The number of hydrogen-bond donors (Lipinski definition) is 3. The largest absolute Gasteiger partial charge is 0.387 e. The molecule has 0 aliphatic carbocycles. The lowest BCUT2D eigenvalue weighted by molar-refractivity contribution is -0.120. The summed E-state index contributed by atoms with van der Waals surface area (Å²) in [6.07, 6.45) is -0.671. The number of benzene rings is 1. The molecule has 1 amide bonds. The highest BCUT2D eigenvalue weighted by Crippen LogP contribution is 2.23. The molecule has 1 aromatic carbocycles. The molecule has 0 saturated heterocycles. The number of likely N-dealkylation sites (N-methyl/N-ethyl adjacent to an activating group) is 1. The van der Waals surface area contributed by atoms with Gasteiger partial charge in [0.2, 0.25) is 5.91 Å². The molecule has 0 radical (unpaired) electrons. The molecule has 3 N–H and O–H groups in total. The summed E-state index contributed by atoms with van der Waals surface area (Å²) in [6.45, 7) is 6.94. The zero-order chi connectivity index (χ0) is 14.5. The second-order valence-corrected chi connectivity index (χ2v) is 5.72. The van der Waals surface area contributed by atoms with Crippen LogP contribution < -0.4 is 10.6 Å². The summed E-state index contributed by atoms with van der Waals surface area (Å²) in [5, 5.41) is 15.4. The van der Waals surface area contributed by atoms with Gasteiger partial charge in [-0.25, -0.2) is 0 Å². The average Bonchev–Trinajstić information content (AvgIpc) is 2.35. The maximum atomic E-state index is 11.3. The lowest BCUT2D eigenvalue weighted by Gasteiger charge is -2.20. The third kappa shape index (κ3) is 5.01. The zero-order valence-corrected chi connectivity index (χ0v) is 12.2. The van der Waals surface area contributed by atoms with E-state index in [4.69, 9.17) is 0 Å². The van der Waals surface area contributed by atoms with Gasteiger partial charge in [0.25, 0.3) is 0 Å². The van der Waals surface area contributed by atoms with E-state index in [0.717, 1.165) is 5.56 Å². The Balaban J connectivity index is 2.58. The van der Waals surface area contributed by atoms with Gasteiger partial charge >= 0.3 is 0 Å². The average molecular weight is 264 g/mol. The van der Waals surface area contributed by atoms with Gasteiger partial charge in [-0.15, -0.1) is 0 Å². The van der Waals surface area contributed by atoms with E-state index in [9.17, 15) is 9.90 Å². The number of aliphatic hydroxyl groups is 1. The molecule has 1 unspecified atom stereocenters. The highest BCUT2D eigenvalue weighted by molar-refractivity contribution is 5.77. The van der Waals surface area contributed by atoms with Crippen molar-refractivity contribution in [1.29, 1.82) is 0 Å². The van der Waals surface area contributed by atoms with Crippen LogP contribution in [0.1, 0.15) is 38.0 Å². The second-order valence-electron chi connectivity index (χ2n) is 5.72.